The second-order valence-electron chi connectivity index (χ2n) is 3.43. The maximum absolute atomic E-state index is 11.5. The lowest BCUT2D eigenvalue weighted by Gasteiger charge is -2.08. The number of unbranched alkanes of at least 4 members (excludes halogenated alkanes) is 1. The summed E-state index contributed by atoms with van der Waals surface area (Å²) in [7, 11) is 1.63. The number of rotatable bonds is 6. The molecule has 0 amide bonds. The normalized spacial score (nSPS) is 10.4. The van der Waals surface area contributed by atoms with Gasteiger partial charge < -0.3 is 5.32 Å². The summed E-state index contributed by atoms with van der Waals surface area (Å²) in [6.07, 6.45) is 6.06. The third-order valence-corrected chi connectivity index (χ3v) is 3.63. The van der Waals surface area contributed by atoms with Crippen LogP contribution < -0.4 is 10.9 Å². The van der Waals surface area contributed by atoms with Gasteiger partial charge in [0.2, 0.25) is 0 Å². The zero-order valence-corrected chi connectivity index (χ0v) is 11.9. The van der Waals surface area contributed by atoms with Crippen LogP contribution in [0.2, 0.25) is 0 Å². The first-order valence-corrected chi connectivity index (χ1v) is 7.30. The lowest BCUT2D eigenvalue weighted by Crippen LogP contribution is -2.21. The summed E-state index contributed by atoms with van der Waals surface area (Å²) in [5, 5.41) is 7.17. The molecular formula is C10H16BrN3OS. The summed E-state index contributed by atoms with van der Waals surface area (Å²) in [5.74, 6) is 1.18. The van der Waals surface area contributed by atoms with Crippen LogP contribution in [-0.2, 0) is 7.05 Å². The minimum atomic E-state index is -0.117. The van der Waals surface area contributed by atoms with E-state index < -0.39 is 0 Å². The number of nitrogens with zero attached hydrogens (tertiary/aromatic N) is 2. The van der Waals surface area contributed by atoms with Gasteiger partial charge in [0, 0.05) is 13.6 Å². The average Bonchev–Trinajstić information content (AvgIpc) is 2.28. The van der Waals surface area contributed by atoms with Gasteiger partial charge in [0.05, 0.1) is 11.9 Å². The van der Waals surface area contributed by atoms with Gasteiger partial charge in [-0.2, -0.15) is 16.9 Å². The molecule has 90 valence electrons. The van der Waals surface area contributed by atoms with Gasteiger partial charge in [0.25, 0.3) is 5.56 Å². The Morgan fingerprint density at radius 2 is 2.31 bits per heavy atom. The Morgan fingerprint density at radius 3 is 3.00 bits per heavy atom. The highest BCUT2D eigenvalue weighted by Crippen LogP contribution is 2.15. The van der Waals surface area contributed by atoms with E-state index in [1.54, 1.807) is 13.2 Å². The number of aromatic nitrogens is 2. The largest absolute Gasteiger partial charge is 0.383 e. The fourth-order valence-electron chi connectivity index (χ4n) is 1.23. The number of anilines is 1. The molecule has 0 saturated heterocycles. The summed E-state index contributed by atoms with van der Waals surface area (Å²) < 4.78 is 1.86. The predicted octanol–water partition coefficient (Wildman–Crippen LogP) is 2.10. The minimum Gasteiger partial charge on any atom is -0.383 e. The Morgan fingerprint density at radius 1 is 1.56 bits per heavy atom. The average molecular weight is 306 g/mol. The fraction of sp³-hybridized carbons (Fsp3) is 0.600. The molecule has 0 aromatic carbocycles. The molecule has 0 saturated carbocycles. The first-order valence-electron chi connectivity index (χ1n) is 5.11. The molecule has 0 radical (unpaired) electrons. The standard InChI is InChI=1S/C10H16BrN3OS/c1-14-10(15)9(11)8(7-13-14)12-5-3-4-6-16-2/h7,12H,3-6H2,1-2H3. The van der Waals surface area contributed by atoms with E-state index in [4.69, 9.17) is 0 Å². The molecule has 0 bridgehead atoms. The molecule has 0 aliphatic heterocycles. The van der Waals surface area contributed by atoms with Gasteiger partial charge in [-0.15, -0.1) is 0 Å². The van der Waals surface area contributed by atoms with Gasteiger partial charge in [-0.25, -0.2) is 4.68 Å². The number of hydrogen-bond donors (Lipinski definition) is 1. The molecule has 4 nitrogen and oxygen atoms in total. The molecule has 1 N–H and O–H groups in total. The monoisotopic (exact) mass is 305 g/mol. The van der Waals surface area contributed by atoms with E-state index >= 15 is 0 Å². The highest BCUT2D eigenvalue weighted by atomic mass is 79.9. The van der Waals surface area contributed by atoms with Crippen LogP contribution in [0.3, 0.4) is 0 Å². The molecule has 1 aromatic heterocycles. The lowest BCUT2D eigenvalue weighted by molar-refractivity contribution is 0.702. The first kappa shape index (κ1) is 13.6. The minimum absolute atomic E-state index is 0.117. The van der Waals surface area contributed by atoms with Crippen LogP contribution in [0, 0.1) is 0 Å². The summed E-state index contributed by atoms with van der Waals surface area (Å²) in [4.78, 5) is 11.5. The number of hydrogen-bond acceptors (Lipinski definition) is 4. The molecular weight excluding hydrogens is 290 g/mol. The second-order valence-corrected chi connectivity index (χ2v) is 5.21. The van der Waals surface area contributed by atoms with Gasteiger partial charge in [-0.3, -0.25) is 4.79 Å². The van der Waals surface area contributed by atoms with Crippen LogP contribution in [0.1, 0.15) is 12.8 Å². The molecule has 6 heteroatoms. The van der Waals surface area contributed by atoms with Crippen molar-refractivity contribution in [1.29, 1.82) is 0 Å². The second kappa shape index (κ2) is 6.96. The molecule has 1 rings (SSSR count). The Balaban J connectivity index is 2.49. The lowest BCUT2D eigenvalue weighted by atomic mass is 10.3. The Labute approximate surface area is 108 Å². The van der Waals surface area contributed by atoms with Crippen LogP contribution in [0.4, 0.5) is 5.69 Å². The zero-order chi connectivity index (χ0) is 12.0. The van der Waals surface area contributed by atoms with E-state index in [2.05, 4.69) is 32.6 Å². The number of aryl methyl sites for hydroxylation is 1. The van der Waals surface area contributed by atoms with Crippen molar-refractivity contribution in [3.63, 3.8) is 0 Å². The van der Waals surface area contributed by atoms with E-state index in [0.717, 1.165) is 18.7 Å². The third-order valence-electron chi connectivity index (χ3n) is 2.17. The van der Waals surface area contributed by atoms with E-state index in [1.165, 1.54) is 16.9 Å². The van der Waals surface area contributed by atoms with Crippen molar-refractivity contribution < 1.29 is 0 Å². The summed E-state index contributed by atoms with van der Waals surface area (Å²) in [6.45, 7) is 0.869. The first-order chi connectivity index (χ1) is 7.66. The van der Waals surface area contributed by atoms with Crippen molar-refractivity contribution in [2.24, 2.45) is 7.05 Å². The van der Waals surface area contributed by atoms with Crippen molar-refractivity contribution in [2.75, 3.05) is 23.9 Å². The Bertz CT molecular complexity index is 394. The Kier molecular flexibility index (Phi) is 5.90. The molecule has 0 unspecified atom stereocenters. The Hall–Kier alpha value is -0.490. The SMILES string of the molecule is CSCCCCNc1cnn(C)c(=O)c1Br. The maximum atomic E-state index is 11.5. The van der Waals surface area contributed by atoms with E-state index in [-0.39, 0.29) is 5.56 Å². The third kappa shape index (κ3) is 3.83. The number of nitrogens with one attached hydrogen (secondary N) is 1. The summed E-state index contributed by atoms with van der Waals surface area (Å²) in [6, 6.07) is 0. The summed E-state index contributed by atoms with van der Waals surface area (Å²) >= 11 is 5.13. The van der Waals surface area contributed by atoms with E-state index in [9.17, 15) is 4.79 Å². The zero-order valence-electron chi connectivity index (χ0n) is 9.49. The maximum Gasteiger partial charge on any atom is 0.282 e. The number of thioether (sulfide) groups is 1. The van der Waals surface area contributed by atoms with Gasteiger partial charge in [-0.05, 0) is 40.8 Å². The van der Waals surface area contributed by atoms with Crippen molar-refractivity contribution in [1.82, 2.24) is 9.78 Å². The highest BCUT2D eigenvalue weighted by molar-refractivity contribution is 9.10. The highest BCUT2D eigenvalue weighted by Gasteiger charge is 2.05. The van der Waals surface area contributed by atoms with E-state index in [0.29, 0.717) is 4.47 Å². The van der Waals surface area contributed by atoms with Crippen LogP contribution in [0.25, 0.3) is 0 Å². The molecule has 1 heterocycles. The van der Waals surface area contributed by atoms with Crippen LogP contribution >= 0.6 is 27.7 Å². The van der Waals surface area contributed by atoms with Crippen LogP contribution in [0.5, 0.6) is 0 Å². The molecule has 0 aliphatic rings. The smallest absolute Gasteiger partial charge is 0.282 e. The predicted molar refractivity (Wildman–Crippen MR) is 73.3 cm³/mol. The molecule has 0 aliphatic carbocycles. The van der Waals surface area contributed by atoms with Gasteiger partial charge in [0.1, 0.15) is 4.47 Å². The molecule has 0 spiro atoms. The molecule has 0 atom stereocenters. The number of halogens is 1. The van der Waals surface area contributed by atoms with Crippen molar-refractivity contribution in [2.45, 2.75) is 12.8 Å². The van der Waals surface area contributed by atoms with Gasteiger partial charge >= 0.3 is 0 Å². The molecule has 1 aromatic rings. The van der Waals surface area contributed by atoms with Crippen LogP contribution in [-0.4, -0.2) is 28.3 Å². The molecule has 0 fully saturated rings. The topological polar surface area (TPSA) is 46.9 Å². The quantitative estimate of drug-likeness (QED) is 0.818. The summed E-state index contributed by atoms with van der Waals surface area (Å²) in [5.41, 5.74) is 0.654. The van der Waals surface area contributed by atoms with Crippen LogP contribution in [0.15, 0.2) is 15.5 Å². The van der Waals surface area contributed by atoms with Crippen molar-refractivity contribution in [3.8, 4) is 0 Å². The molecule has 16 heavy (non-hydrogen) atoms. The van der Waals surface area contributed by atoms with Crippen molar-refractivity contribution >= 4 is 33.4 Å². The van der Waals surface area contributed by atoms with E-state index in [1.807, 2.05) is 11.8 Å². The fourth-order valence-corrected chi connectivity index (χ4v) is 2.22. The van der Waals surface area contributed by atoms with Gasteiger partial charge in [0.15, 0.2) is 0 Å². The van der Waals surface area contributed by atoms with Gasteiger partial charge in [-0.1, -0.05) is 0 Å². The van der Waals surface area contributed by atoms with Crippen molar-refractivity contribution in [3.05, 3.63) is 21.0 Å².